The Labute approximate surface area is 89.6 Å². The van der Waals surface area contributed by atoms with E-state index < -0.39 is 23.3 Å². The molecule has 0 aliphatic rings. The number of rotatable bonds is 2. The van der Waals surface area contributed by atoms with Gasteiger partial charge in [0.05, 0.1) is 11.8 Å². The minimum absolute atomic E-state index is 0.0139. The van der Waals surface area contributed by atoms with Gasteiger partial charge in [-0.15, -0.1) is 0 Å². The lowest BCUT2D eigenvalue weighted by Crippen LogP contribution is -2.02. The molecule has 1 aromatic rings. The maximum Gasteiger partial charge on any atom is 0.338 e. The number of hydrogen-bond acceptors (Lipinski definition) is 3. The first-order chi connectivity index (χ1) is 7.50. The van der Waals surface area contributed by atoms with Crippen LogP contribution >= 0.6 is 0 Å². The molecule has 0 aromatic carbocycles. The van der Waals surface area contributed by atoms with Crippen LogP contribution in [-0.2, 0) is 4.79 Å². The van der Waals surface area contributed by atoms with E-state index in [1.165, 1.54) is 0 Å². The lowest BCUT2D eigenvalue weighted by Gasteiger charge is -1.96. The van der Waals surface area contributed by atoms with Crippen LogP contribution in [0.3, 0.4) is 0 Å². The van der Waals surface area contributed by atoms with Gasteiger partial charge >= 0.3 is 11.9 Å². The maximum absolute atomic E-state index is 12.9. The van der Waals surface area contributed by atoms with Crippen LogP contribution in [-0.4, -0.2) is 27.1 Å². The van der Waals surface area contributed by atoms with Crippen molar-refractivity contribution in [3.05, 3.63) is 29.3 Å². The van der Waals surface area contributed by atoms with Crippen molar-refractivity contribution in [2.24, 2.45) is 0 Å². The number of carboxylic acids is 2. The van der Waals surface area contributed by atoms with E-state index in [-0.39, 0.29) is 12.1 Å². The summed E-state index contributed by atoms with van der Waals surface area (Å²) in [6, 6.07) is 0.951. The van der Waals surface area contributed by atoms with Crippen molar-refractivity contribution in [3.8, 4) is 11.8 Å². The third-order valence-corrected chi connectivity index (χ3v) is 1.54. The van der Waals surface area contributed by atoms with Crippen molar-refractivity contribution < 1.29 is 24.2 Å². The number of halogens is 1. The SMILES string of the molecule is O=C(O)CC#Cc1cc(C(=O)O)c(F)cn1. The molecule has 1 rings (SSSR count). The number of aliphatic carboxylic acids is 1. The van der Waals surface area contributed by atoms with E-state index in [2.05, 4.69) is 16.8 Å². The van der Waals surface area contributed by atoms with Crippen molar-refractivity contribution >= 4 is 11.9 Å². The fourth-order valence-corrected chi connectivity index (χ4v) is 0.881. The molecule has 0 unspecified atom stereocenters. The van der Waals surface area contributed by atoms with E-state index in [9.17, 15) is 14.0 Å². The Morgan fingerprint density at radius 2 is 2.12 bits per heavy atom. The summed E-state index contributed by atoms with van der Waals surface area (Å²) in [4.78, 5) is 24.2. The van der Waals surface area contributed by atoms with Gasteiger partial charge in [-0.05, 0) is 12.0 Å². The number of hydrogen-bond donors (Lipinski definition) is 2. The standard InChI is InChI=1S/C10H6FNO4/c11-8-5-12-6(2-1-3-9(13)14)4-7(8)10(15)16/h4-5H,3H2,(H,13,14)(H,15,16). The monoisotopic (exact) mass is 223 g/mol. The zero-order valence-electron chi connectivity index (χ0n) is 7.90. The third-order valence-electron chi connectivity index (χ3n) is 1.54. The van der Waals surface area contributed by atoms with Gasteiger partial charge in [-0.25, -0.2) is 14.2 Å². The van der Waals surface area contributed by atoms with Gasteiger partial charge in [-0.3, -0.25) is 4.79 Å². The molecule has 1 aromatic heterocycles. The molecule has 0 saturated carbocycles. The van der Waals surface area contributed by atoms with Crippen LogP contribution in [0.5, 0.6) is 0 Å². The second kappa shape index (κ2) is 4.89. The average Bonchev–Trinajstić information content (AvgIpc) is 2.19. The van der Waals surface area contributed by atoms with Crippen LogP contribution in [0.25, 0.3) is 0 Å². The van der Waals surface area contributed by atoms with Crippen molar-refractivity contribution in [2.45, 2.75) is 6.42 Å². The molecule has 0 aliphatic carbocycles. The molecule has 0 aliphatic heterocycles. The highest BCUT2D eigenvalue weighted by atomic mass is 19.1. The molecule has 0 saturated heterocycles. The Morgan fingerprint density at radius 1 is 1.44 bits per heavy atom. The average molecular weight is 223 g/mol. The first kappa shape index (κ1) is 11.7. The number of nitrogens with zero attached hydrogens (tertiary/aromatic N) is 1. The smallest absolute Gasteiger partial charge is 0.338 e. The molecule has 0 bridgehead atoms. The van der Waals surface area contributed by atoms with Crippen LogP contribution in [0.1, 0.15) is 22.5 Å². The van der Waals surface area contributed by atoms with Gasteiger partial charge < -0.3 is 10.2 Å². The minimum atomic E-state index is -1.43. The lowest BCUT2D eigenvalue weighted by atomic mass is 10.2. The quantitative estimate of drug-likeness (QED) is 0.722. The van der Waals surface area contributed by atoms with Gasteiger partial charge in [-0.1, -0.05) is 5.92 Å². The van der Waals surface area contributed by atoms with Gasteiger partial charge in [0, 0.05) is 0 Å². The van der Waals surface area contributed by atoms with Crippen LogP contribution in [0.4, 0.5) is 4.39 Å². The van der Waals surface area contributed by atoms with E-state index >= 15 is 0 Å². The lowest BCUT2D eigenvalue weighted by molar-refractivity contribution is -0.135. The highest BCUT2D eigenvalue weighted by molar-refractivity contribution is 5.88. The summed E-state index contributed by atoms with van der Waals surface area (Å²) < 4.78 is 12.9. The van der Waals surface area contributed by atoms with E-state index in [0.29, 0.717) is 0 Å². The molecule has 82 valence electrons. The van der Waals surface area contributed by atoms with Crippen LogP contribution in [0, 0.1) is 17.7 Å². The molecule has 2 N–H and O–H groups in total. The molecule has 0 spiro atoms. The Hall–Kier alpha value is -2.42. The molecule has 6 heteroatoms. The van der Waals surface area contributed by atoms with Crippen molar-refractivity contribution in [1.29, 1.82) is 0 Å². The maximum atomic E-state index is 12.9. The highest BCUT2D eigenvalue weighted by Gasteiger charge is 2.10. The molecular weight excluding hydrogens is 217 g/mol. The van der Waals surface area contributed by atoms with E-state index in [4.69, 9.17) is 10.2 Å². The van der Waals surface area contributed by atoms with Crippen LogP contribution < -0.4 is 0 Å². The summed E-state index contributed by atoms with van der Waals surface area (Å²) >= 11 is 0. The second-order valence-electron chi connectivity index (χ2n) is 2.73. The highest BCUT2D eigenvalue weighted by Crippen LogP contribution is 2.06. The number of aromatic carboxylic acids is 1. The van der Waals surface area contributed by atoms with E-state index in [0.717, 1.165) is 12.3 Å². The topological polar surface area (TPSA) is 87.5 Å². The van der Waals surface area contributed by atoms with Crippen molar-refractivity contribution in [1.82, 2.24) is 4.98 Å². The van der Waals surface area contributed by atoms with Gasteiger partial charge in [0.15, 0.2) is 5.82 Å². The predicted octanol–water partition coefficient (Wildman–Crippen LogP) is 0.745. The molecule has 1 heterocycles. The molecule has 0 amide bonds. The fourth-order valence-electron chi connectivity index (χ4n) is 0.881. The predicted molar refractivity (Wildman–Crippen MR) is 50.3 cm³/mol. The summed E-state index contributed by atoms with van der Waals surface area (Å²) in [6.07, 6.45) is 0.343. The van der Waals surface area contributed by atoms with Gasteiger partial charge in [0.2, 0.25) is 0 Å². The first-order valence-electron chi connectivity index (χ1n) is 4.10. The molecule has 0 atom stereocenters. The van der Waals surface area contributed by atoms with Gasteiger partial charge in [0.25, 0.3) is 0 Å². The first-order valence-corrected chi connectivity index (χ1v) is 4.10. The molecule has 16 heavy (non-hydrogen) atoms. The third kappa shape index (κ3) is 3.06. The van der Waals surface area contributed by atoms with Gasteiger partial charge in [0.1, 0.15) is 12.1 Å². The zero-order chi connectivity index (χ0) is 12.1. The molecule has 0 fully saturated rings. The number of carboxylic acid groups (broad SMARTS) is 2. The Balaban J connectivity index is 2.98. The Kier molecular flexibility index (Phi) is 3.56. The molecular formula is C10H6FNO4. The van der Waals surface area contributed by atoms with E-state index in [1.807, 2.05) is 0 Å². The van der Waals surface area contributed by atoms with E-state index in [1.54, 1.807) is 0 Å². The second-order valence-corrected chi connectivity index (χ2v) is 2.73. The van der Waals surface area contributed by atoms with Crippen LogP contribution in [0.2, 0.25) is 0 Å². The summed E-state index contributed by atoms with van der Waals surface area (Å²) in [5.74, 6) is 1.09. The Bertz CT molecular complexity index is 501. The normalized spacial score (nSPS) is 9.06. The molecule has 5 nitrogen and oxygen atoms in total. The zero-order valence-corrected chi connectivity index (χ0v) is 7.90. The van der Waals surface area contributed by atoms with Crippen LogP contribution in [0.15, 0.2) is 12.3 Å². The summed E-state index contributed by atoms with van der Waals surface area (Å²) in [6.45, 7) is 0. The minimum Gasteiger partial charge on any atom is -0.481 e. The van der Waals surface area contributed by atoms with Crippen molar-refractivity contribution in [2.75, 3.05) is 0 Å². The fraction of sp³-hybridized carbons (Fsp3) is 0.100. The van der Waals surface area contributed by atoms with Gasteiger partial charge in [-0.2, -0.15) is 0 Å². The number of aromatic nitrogens is 1. The number of pyridine rings is 1. The number of carbonyl (C=O) groups is 2. The summed E-state index contributed by atoms with van der Waals surface area (Å²) in [5, 5.41) is 16.9. The summed E-state index contributed by atoms with van der Waals surface area (Å²) in [7, 11) is 0. The summed E-state index contributed by atoms with van der Waals surface area (Å²) in [5.41, 5.74) is -0.533. The largest absolute Gasteiger partial charge is 0.481 e. The Morgan fingerprint density at radius 3 is 2.69 bits per heavy atom. The molecule has 0 radical (unpaired) electrons. The van der Waals surface area contributed by atoms with Crippen molar-refractivity contribution in [3.63, 3.8) is 0 Å².